The molecule has 0 aliphatic rings. The first-order valence-electron chi connectivity index (χ1n) is 4.52. The minimum absolute atomic E-state index is 0.747. The minimum Gasteiger partial charge on any atom is -0.329 e. The summed E-state index contributed by atoms with van der Waals surface area (Å²) >= 11 is 0. The van der Waals surface area contributed by atoms with Crippen molar-refractivity contribution in [2.24, 2.45) is 7.05 Å². The smallest absolute Gasteiger partial charge is 0.298 e. The zero-order valence-electron chi connectivity index (χ0n) is 8.12. The van der Waals surface area contributed by atoms with E-state index in [2.05, 4.69) is 19.9 Å². The van der Waals surface area contributed by atoms with Gasteiger partial charge in [0.05, 0.1) is 19.6 Å². The monoisotopic (exact) mass is 201 g/mol. The fraction of sp³-hybridized carbons (Fsp3) is 0.111. The number of aromatic nitrogens is 6. The minimum atomic E-state index is 0.747. The van der Waals surface area contributed by atoms with Gasteiger partial charge in [0.1, 0.15) is 6.20 Å². The highest BCUT2D eigenvalue weighted by Crippen LogP contribution is 2.08. The maximum Gasteiger partial charge on any atom is 0.298 e. The summed E-state index contributed by atoms with van der Waals surface area (Å²) in [4.78, 5) is 15.5. The van der Waals surface area contributed by atoms with Gasteiger partial charge in [-0.1, -0.05) is 4.98 Å². The van der Waals surface area contributed by atoms with Gasteiger partial charge in [-0.3, -0.25) is 4.57 Å². The fourth-order valence-corrected chi connectivity index (χ4v) is 1.52. The third-order valence-electron chi connectivity index (χ3n) is 2.21. The summed E-state index contributed by atoms with van der Waals surface area (Å²) in [7, 11) is 1.96. The van der Waals surface area contributed by atoms with Gasteiger partial charge in [0.25, 0.3) is 5.82 Å². The summed E-state index contributed by atoms with van der Waals surface area (Å²) < 4.78 is 3.85. The standard InChI is InChI=1S/C9H9N6/c1-14-2-3-15(6-14)9-7-8(11-4-10-7)12-5-13-9/h2-6H,1H3,(H,10,11,12,13)/q+1. The van der Waals surface area contributed by atoms with Gasteiger partial charge in [0, 0.05) is 0 Å². The molecule has 0 fully saturated rings. The third kappa shape index (κ3) is 1.18. The second-order valence-corrected chi connectivity index (χ2v) is 3.28. The van der Waals surface area contributed by atoms with Crippen LogP contribution in [0, 0.1) is 0 Å². The van der Waals surface area contributed by atoms with E-state index in [0.717, 1.165) is 17.0 Å². The van der Waals surface area contributed by atoms with Gasteiger partial charge in [0.2, 0.25) is 0 Å². The molecule has 0 saturated heterocycles. The van der Waals surface area contributed by atoms with Crippen LogP contribution in [0.3, 0.4) is 0 Å². The Labute approximate surface area is 85.3 Å². The molecule has 6 nitrogen and oxygen atoms in total. The molecule has 3 heterocycles. The van der Waals surface area contributed by atoms with Crippen LogP contribution in [0.5, 0.6) is 0 Å². The average Bonchev–Trinajstić information content (AvgIpc) is 2.84. The molecular formula is C9H9N6+. The lowest BCUT2D eigenvalue weighted by Crippen LogP contribution is -2.29. The van der Waals surface area contributed by atoms with E-state index in [1.807, 2.05) is 34.9 Å². The van der Waals surface area contributed by atoms with Crippen LogP contribution in [-0.4, -0.2) is 24.5 Å². The van der Waals surface area contributed by atoms with E-state index in [4.69, 9.17) is 0 Å². The molecule has 1 N–H and O–H groups in total. The van der Waals surface area contributed by atoms with Gasteiger partial charge in [-0.05, 0) is 0 Å². The van der Waals surface area contributed by atoms with E-state index in [9.17, 15) is 0 Å². The first kappa shape index (κ1) is 8.10. The summed E-state index contributed by atoms with van der Waals surface area (Å²) in [6.45, 7) is 0. The largest absolute Gasteiger partial charge is 0.329 e. The Morgan fingerprint density at radius 1 is 1.33 bits per heavy atom. The first-order chi connectivity index (χ1) is 7.34. The molecule has 3 aromatic rings. The van der Waals surface area contributed by atoms with Crippen LogP contribution in [0.15, 0.2) is 31.4 Å². The number of aromatic amines is 1. The quantitative estimate of drug-likeness (QED) is 0.562. The molecule has 15 heavy (non-hydrogen) atoms. The van der Waals surface area contributed by atoms with E-state index in [-0.39, 0.29) is 0 Å². The molecule has 0 radical (unpaired) electrons. The SMILES string of the molecule is Cn1cc[n+](-c2ncnc3[nH]cnc23)c1. The molecule has 0 unspecified atom stereocenters. The maximum absolute atomic E-state index is 4.22. The van der Waals surface area contributed by atoms with E-state index in [1.165, 1.54) is 6.33 Å². The van der Waals surface area contributed by atoms with E-state index >= 15 is 0 Å². The number of hydrogen-bond donors (Lipinski definition) is 1. The molecule has 74 valence electrons. The van der Waals surface area contributed by atoms with Crippen LogP contribution in [0.25, 0.3) is 17.0 Å². The molecule has 0 aliphatic heterocycles. The van der Waals surface area contributed by atoms with Crippen molar-refractivity contribution in [1.29, 1.82) is 0 Å². The van der Waals surface area contributed by atoms with E-state index < -0.39 is 0 Å². The highest BCUT2D eigenvalue weighted by atomic mass is 15.2. The Kier molecular flexibility index (Phi) is 1.55. The average molecular weight is 201 g/mol. The zero-order valence-corrected chi connectivity index (χ0v) is 8.12. The van der Waals surface area contributed by atoms with Crippen molar-refractivity contribution in [3.05, 3.63) is 31.4 Å². The molecule has 0 spiro atoms. The number of aryl methyl sites for hydroxylation is 1. The van der Waals surface area contributed by atoms with Gasteiger partial charge >= 0.3 is 0 Å². The molecule has 0 aliphatic carbocycles. The molecule has 3 rings (SSSR count). The predicted octanol–water partition coefficient (Wildman–Crippen LogP) is -0.0319. The van der Waals surface area contributed by atoms with Crippen molar-refractivity contribution in [2.45, 2.75) is 0 Å². The van der Waals surface area contributed by atoms with Crippen LogP contribution >= 0.6 is 0 Å². The molecular weight excluding hydrogens is 192 g/mol. The highest BCUT2D eigenvalue weighted by molar-refractivity contribution is 5.74. The van der Waals surface area contributed by atoms with Crippen molar-refractivity contribution in [2.75, 3.05) is 0 Å². The summed E-state index contributed by atoms with van der Waals surface area (Å²) in [6, 6.07) is 0. The highest BCUT2D eigenvalue weighted by Gasteiger charge is 2.13. The molecule has 0 atom stereocenters. The molecule has 0 bridgehead atoms. The lowest BCUT2D eigenvalue weighted by Gasteiger charge is -1.92. The van der Waals surface area contributed by atoms with Crippen molar-refractivity contribution in [3.63, 3.8) is 0 Å². The second kappa shape index (κ2) is 2.88. The molecule has 0 aromatic carbocycles. The van der Waals surface area contributed by atoms with Crippen molar-refractivity contribution in [1.82, 2.24) is 24.5 Å². The lowest BCUT2D eigenvalue weighted by atomic mass is 10.5. The molecule has 0 saturated carbocycles. The second-order valence-electron chi connectivity index (χ2n) is 3.28. The van der Waals surface area contributed by atoms with E-state index in [0.29, 0.717) is 0 Å². The summed E-state index contributed by atoms with van der Waals surface area (Å²) in [5.74, 6) is 0.779. The van der Waals surface area contributed by atoms with Gasteiger partial charge in [-0.15, -0.1) is 0 Å². The van der Waals surface area contributed by atoms with Crippen LogP contribution in [-0.2, 0) is 7.05 Å². The van der Waals surface area contributed by atoms with Crippen LogP contribution in [0.2, 0.25) is 0 Å². The number of hydrogen-bond acceptors (Lipinski definition) is 3. The Morgan fingerprint density at radius 3 is 3.07 bits per heavy atom. The predicted molar refractivity (Wildman–Crippen MR) is 52.2 cm³/mol. The number of nitrogens with one attached hydrogen (secondary N) is 1. The number of fused-ring (bicyclic) bond motifs is 1. The number of rotatable bonds is 1. The summed E-state index contributed by atoms with van der Waals surface area (Å²) in [6.07, 6.45) is 8.94. The number of imidazole rings is 2. The normalized spacial score (nSPS) is 11.0. The van der Waals surface area contributed by atoms with Crippen molar-refractivity contribution in [3.8, 4) is 5.82 Å². The number of nitrogens with zero attached hydrogens (tertiary/aromatic N) is 5. The van der Waals surface area contributed by atoms with Crippen LogP contribution in [0.4, 0.5) is 0 Å². The molecule has 0 amide bonds. The Bertz CT molecular complexity index is 608. The maximum atomic E-state index is 4.22. The Balaban J connectivity index is 2.30. The zero-order chi connectivity index (χ0) is 10.3. The van der Waals surface area contributed by atoms with Gasteiger partial charge < -0.3 is 4.98 Å². The summed E-state index contributed by atoms with van der Waals surface area (Å²) in [5, 5.41) is 0. The molecule has 3 aromatic heterocycles. The van der Waals surface area contributed by atoms with Gasteiger partial charge in [-0.2, -0.15) is 0 Å². The van der Waals surface area contributed by atoms with Crippen molar-refractivity contribution < 1.29 is 4.57 Å². The first-order valence-corrected chi connectivity index (χ1v) is 4.52. The molecule has 6 heteroatoms. The fourth-order valence-electron chi connectivity index (χ4n) is 1.52. The van der Waals surface area contributed by atoms with Crippen LogP contribution < -0.4 is 4.57 Å². The Hall–Kier alpha value is -2.24. The number of H-pyrrole nitrogens is 1. The van der Waals surface area contributed by atoms with Crippen LogP contribution in [0.1, 0.15) is 0 Å². The van der Waals surface area contributed by atoms with E-state index in [1.54, 1.807) is 6.33 Å². The summed E-state index contributed by atoms with van der Waals surface area (Å²) in [5.41, 5.74) is 1.52. The van der Waals surface area contributed by atoms with Crippen molar-refractivity contribution >= 4 is 11.2 Å². The van der Waals surface area contributed by atoms with Gasteiger partial charge in [-0.25, -0.2) is 14.5 Å². The lowest BCUT2D eigenvalue weighted by molar-refractivity contribution is -0.597. The Morgan fingerprint density at radius 2 is 2.27 bits per heavy atom. The third-order valence-corrected chi connectivity index (χ3v) is 2.21. The van der Waals surface area contributed by atoms with Gasteiger partial charge in [0.15, 0.2) is 23.8 Å². The topological polar surface area (TPSA) is 63.3 Å².